The number of benzene rings is 1. The number of hydrogen-bond acceptors (Lipinski definition) is 3. The second-order valence-electron chi connectivity index (χ2n) is 7.31. The standard InChI is InChI=1S/C21H33N3O2/c1-3-14-24(16-20(25)22-15-18-10-6-4-7-11-18)17(2)21(26)23-19-12-8-5-9-13-19/h5,8-9,12-13,17-18H,3-4,6-7,10-11,14-16H2,1-2H3,(H,22,25)(H,23,26). The molecule has 1 aromatic carbocycles. The van der Waals surface area contributed by atoms with Crippen molar-refractivity contribution in [3.8, 4) is 0 Å². The van der Waals surface area contributed by atoms with Gasteiger partial charge in [-0.2, -0.15) is 0 Å². The van der Waals surface area contributed by atoms with Gasteiger partial charge in [-0.25, -0.2) is 0 Å². The van der Waals surface area contributed by atoms with Gasteiger partial charge >= 0.3 is 0 Å². The Morgan fingerprint density at radius 3 is 2.50 bits per heavy atom. The van der Waals surface area contributed by atoms with Crippen molar-refractivity contribution in [3.63, 3.8) is 0 Å². The molecule has 26 heavy (non-hydrogen) atoms. The quantitative estimate of drug-likeness (QED) is 0.710. The van der Waals surface area contributed by atoms with Crippen molar-refractivity contribution < 1.29 is 9.59 Å². The number of nitrogens with one attached hydrogen (secondary N) is 2. The lowest BCUT2D eigenvalue weighted by Gasteiger charge is -2.28. The van der Waals surface area contributed by atoms with Crippen LogP contribution in [0, 0.1) is 5.92 Å². The number of amides is 2. The maximum atomic E-state index is 12.5. The van der Waals surface area contributed by atoms with Crippen LogP contribution < -0.4 is 10.6 Å². The van der Waals surface area contributed by atoms with Gasteiger partial charge in [0.2, 0.25) is 11.8 Å². The van der Waals surface area contributed by atoms with Crippen molar-refractivity contribution in [1.29, 1.82) is 0 Å². The first-order valence-corrected chi connectivity index (χ1v) is 9.96. The topological polar surface area (TPSA) is 61.4 Å². The zero-order valence-electron chi connectivity index (χ0n) is 16.2. The molecular formula is C21H33N3O2. The first-order chi connectivity index (χ1) is 12.6. The molecule has 5 nitrogen and oxygen atoms in total. The van der Waals surface area contributed by atoms with E-state index in [0.717, 1.165) is 25.2 Å². The third-order valence-electron chi connectivity index (χ3n) is 5.14. The number of carbonyl (C=O) groups excluding carboxylic acids is 2. The molecule has 1 fully saturated rings. The number of rotatable bonds is 9. The minimum absolute atomic E-state index is 0.0170. The summed E-state index contributed by atoms with van der Waals surface area (Å²) in [6.45, 7) is 5.69. The second kappa shape index (κ2) is 11.0. The summed E-state index contributed by atoms with van der Waals surface area (Å²) in [4.78, 5) is 26.9. The maximum absolute atomic E-state index is 12.5. The molecule has 0 saturated heterocycles. The van der Waals surface area contributed by atoms with Crippen molar-refractivity contribution in [3.05, 3.63) is 30.3 Å². The summed E-state index contributed by atoms with van der Waals surface area (Å²) in [5.74, 6) is 0.555. The van der Waals surface area contributed by atoms with Crippen LogP contribution in [0.1, 0.15) is 52.4 Å². The Bertz CT molecular complexity index is 556. The molecule has 0 spiro atoms. The molecule has 0 aromatic heterocycles. The van der Waals surface area contributed by atoms with Gasteiger partial charge in [-0.15, -0.1) is 0 Å². The Labute approximate surface area is 157 Å². The summed E-state index contributed by atoms with van der Waals surface area (Å²) >= 11 is 0. The molecule has 2 rings (SSSR count). The van der Waals surface area contributed by atoms with Gasteiger partial charge in [0.15, 0.2) is 0 Å². The smallest absolute Gasteiger partial charge is 0.241 e. The molecule has 1 aliphatic carbocycles. The predicted molar refractivity (Wildman–Crippen MR) is 106 cm³/mol. The highest BCUT2D eigenvalue weighted by Crippen LogP contribution is 2.22. The van der Waals surface area contributed by atoms with Crippen LogP contribution in [0.4, 0.5) is 5.69 Å². The molecule has 1 unspecified atom stereocenters. The highest BCUT2D eigenvalue weighted by molar-refractivity contribution is 5.94. The molecule has 1 atom stereocenters. The number of nitrogens with zero attached hydrogens (tertiary/aromatic N) is 1. The highest BCUT2D eigenvalue weighted by Gasteiger charge is 2.23. The van der Waals surface area contributed by atoms with E-state index in [2.05, 4.69) is 17.6 Å². The molecule has 5 heteroatoms. The van der Waals surface area contributed by atoms with E-state index < -0.39 is 0 Å². The fourth-order valence-corrected chi connectivity index (χ4v) is 3.52. The SMILES string of the molecule is CCCN(CC(=O)NCC1CCCCC1)C(C)C(=O)Nc1ccccc1. The van der Waals surface area contributed by atoms with Gasteiger partial charge in [-0.1, -0.05) is 44.4 Å². The Hall–Kier alpha value is -1.88. The van der Waals surface area contributed by atoms with Gasteiger partial charge in [0.05, 0.1) is 12.6 Å². The molecule has 1 aromatic rings. The first kappa shape index (κ1) is 20.4. The van der Waals surface area contributed by atoms with Crippen molar-refractivity contribution in [1.82, 2.24) is 10.2 Å². The minimum Gasteiger partial charge on any atom is -0.355 e. The second-order valence-corrected chi connectivity index (χ2v) is 7.31. The van der Waals surface area contributed by atoms with Crippen LogP contribution in [0.15, 0.2) is 30.3 Å². The summed E-state index contributed by atoms with van der Waals surface area (Å²) in [5, 5.41) is 6.00. The van der Waals surface area contributed by atoms with Crippen molar-refractivity contribution >= 4 is 17.5 Å². The van der Waals surface area contributed by atoms with Crippen LogP contribution in [-0.2, 0) is 9.59 Å². The predicted octanol–water partition coefficient (Wildman–Crippen LogP) is 3.42. The lowest BCUT2D eigenvalue weighted by atomic mass is 9.89. The molecule has 0 radical (unpaired) electrons. The van der Waals surface area contributed by atoms with Crippen LogP contribution in [-0.4, -0.2) is 42.4 Å². The van der Waals surface area contributed by atoms with E-state index in [1.54, 1.807) is 0 Å². The molecule has 144 valence electrons. The molecule has 1 saturated carbocycles. The van der Waals surface area contributed by atoms with Crippen LogP contribution in [0.25, 0.3) is 0 Å². The van der Waals surface area contributed by atoms with Crippen LogP contribution in [0.2, 0.25) is 0 Å². The maximum Gasteiger partial charge on any atom is 0.241 e. The summed E-state index contributed by atoms with van der Waals surface area (Å²) in [5.41, 5.74) is 0.780. The van der Waals surface area contributed by atoms with Crippen molar-refractivity contribution in [2.45, 2.75) is 58.4 Å². The third-order valence-corrected chi connectivity index (χ3v) is 5.14. The average Bonchev–Trinajstić information content (AvgIpc) is 2.67. The summed E-state index contributed by atoms with van der Waals surface area (Å²) in [6.07, 6.45) is 7.21. The number of carbonyl (C=O) groups is 2. The Morgan fingerprint density at radius 1 is 1.15 bits per heavy atom. The van der Waals surface area contributed by atoms with Gasteiger partial charge in [0.25, 0.3) is 0 Å². The largest absolute Gasteiger partial charge is 0.355 e. The van der Waals surface area contributed by atoms with E-state index in [1.165, 1.54) is 32.1 Å². The highest BCUT2D eigenvalue weighted by atomic mass is 16.2. The van der Waals surface area contributed by atoms with Crippen molar-refractivity contribution in [2.24, 2.45) is 5.92 Å². The van der Waals surface area contributed by atoms with Gasteiger partial charge in [0.1, 0.15) is 0 Å². The molecule has 1 aliphatic rings. The molecule has 2 amide bonds. The van der Waals surface area contributed by atoms with Gasteiger partial charge < -0.3 is 10.6 Å². The van der Waals surface area contributed by atoms with Crippen LogP contribution in [0.5, 0.6) is 0 Å². The lowest BCUT2D eigenvalue weighted by Crippen LogP contribution is -2.47. The van der Waals surface area contributed by atoms with Gasteiger partial charge in [0, 0.05) is 12.2 Å². The zero-order chi connectivity index (χ0) is 18.8. The number of anilines is 1. The van der Waals surface area contributed by atoms with Crippen LogP contribution in [0.3, 0.4) is 0 Å². The summed E-state index contributed by atoms with van der Waals surface area (Å²) in [6, 6.07) is 9.08. The van der Waals surface area contributed by atoms with E-state index >= 15 is 0 Å². The van der Waals surface area contributed by atoms with E-state index in [4.69, 9.17) is 0 Å². The summed E-state index contributed by atoms with van der Waals surface area (Å²) in [7, 11) is 0. The zero-order valence-corrected chi connectivity index (χ0v) is 16.2. The third kappa shape index (κ3) is 6.79. The number of hydrogen-bond donors (Lipinski definition) is 2. The Morgan fingerprint density at radius 2 is 1.85 bits per heavy atom. The van der Waals surface area contributed by atoms with E-state index in [1.807, 2.05) is 42.2 Å². The Kier molecular flexibility index (Phi) is 8.62. The normalized spacial score (nSPS) is 16.3. The molecule has 0 bridgehead atoms. The van der Waals surface area contributed by atoms with E-state index in [0.29, 0.717) is 5.92 Å². The molecular weight excluding hydrogens is 326 g/mol. The lowest BCUT2D eigenvalue weighted by molar-refractivity contribution is -0.125. The fourth-order valence-electron chi connectivity index (χ4n) is 3.52. The monoisotopic (exact) mass is 359 g/mol. The number of para-hydroxylation sites is 1. The van der Waals surface area contributed by atoms with Crippen molar-refractivity contribution in [2.75, 3.05) is 25.0 Å². The minimum atomic E-state index is -0.351. The van der Waals surface area contributed by atoms with Gasteiger partial charge in [-0.05, 0) is 50.8 Å². The average molecular weight is 360 g/mol. The van der Waals surface area contributed by atoms with E-state index in [-0.39, 0.29) is 24.4 Å². The van der Waals surface area contributed by atoms with Crippen LogP contribution >= 0.6 is 0 Å². The Balaban J connectivity index is 1.83. The molecule has 2 N–H and O–H groups in total. The molecule has 0 aliphatic heterocycles. The van der Waals surface area contributed by atoms with E-state index in [9.17, 15) is 9.59 Å². The van der Waals surface area contributed by atoms with Gasteiger partial charge in [-0.3, -0.25) is 14.5 Å². The summed E-state index contributed by atoms with van der Waals surface area (Å²) < 4.78 is 0. The first-order valence-electron chi connectivity index (χ1n) is 9.96. The molecule has 0 heterocycles. The fraction of sp³-hybridized carbons (Fsp3) is 0.619.